The van der Waals surface area contributed by atoms with Crippen molar-refractivity contribution in [2.75, 3.05) is 7.05 Å². The van der Waals surface area contributed by atoms with Crippen LogP contribution in [0, 0.1) is 6.92 Å². The Balaban J connectivity index is 2.77. The van der Waals surface area contributed by atoms with Gasteiger partial charge in [0.1, 0.15) is 5.82 Å². The molecule has 0 fully saturated rings. The van der Waals surface area contributed by atoms with E-state index in [0.717, 1.165) is 6.07 Å². The van der Waals surface area contributed by atoms with Gasteiger partial charge in [-0.2, -0.15) is 13.2 Å². The van der Waals surface area contributed by atoms with E-state index in [0.29, 0.717) is 23.4 Å². The molecule has 3 nitrogen and oxygen atoms in total. The highest BCUT2D eigenvalue weighted by molar-refractivity contribution is 5.84. The van der Waals surface area contributed by atoms with Gasteiger partial charge >= 0.3 is 6.18 Å². The number of para-hydroxylation sites is 1. The van der Waals surface area contributed by atoms with E-state index in [4.69, 9.17) is 0 Å². The standard InChI is InChI=1S/C12H12F3N3/c1-7-17-10(6-16-2)8-4-3-5-9(11(8)18-7)12(13,14)15/h3-5,16H,6H2,1-2H3. The predicted molar refractivity (Wildman–Crippen MR) is 62.0 cm³/mol. The van der Waals surface area contributed by atoms with Crippen LogP contribution in [0.25, 0.3) is 10.9 Å². The van der Waals surface area contributed by atoms with Crippen molar-refractivity contribution in [1.82, 2.24) is 15.3 Å². The van der Waals surface area contributed by atoms with Crippen LogP contribution in [0.4, 0.5) is 13.2 Å². The summed E-state index contributed by atoms with van der Waals surface area (Å²) in [6.07, 6.45) is -4.41. The summed E-state index contributed by atoms with van der Waals surface area (Å²) >= 11 is 0. The van der Waals surface area contributed by atoms with Crippen LogP contribution in [-0.4, -0.2) is 17.0 Å². The van der Waals surface area contributed by atoms with Gasteiger partial charge in [0, 0.05) is 11.9 Å². The van der Waals surface area contributed by atoms with Crippen molar-refractivity contribution in [3.05, 3.63) is 35.3 Å². The lowest BCUT2D eigenvalue weighted by molar-refractivity contribution is -0.136. The molecular weight excluding hydrogens is 243 g/mol. The molecule has 1 aromatic carbocycles. The van der Waals surface area contributed by atoms with Gasteiger partial charge in [-0.25, -0.2) is 9.97 Å². The minimum absolute atomic E-state index is 0.0391. The maximum absolute atomic E-state index is 12.9. The quantitative estimate of drug-likeness (QED) is 0.896. The molecule has 0 aliphatic rings. The smallest absolute Gasteiger partial charge is 0.314 e. The van der Waals surface area contributed by atoms with Gasteiger partial charge in [0.25, 0.3) is 0 Å². The molecule has 1 aromatic heterocycles. The Morgan fingerprint density at radius 3 is 2.56 bits per heavy atom. The molecule has 96 valence electrons. The zero-order valence-electron chi connectivity index (χ0n) is 9.97. The van der Waals surface area contributed by atoms with E-state index in [2.05, 4.69) is 15.3 Å². The Morgan fingerprint density at radius 1 is 1.22 bits per heavy atom. The highest BCUT2D eigenvalue weighted by atomic mass is 19.4. The van der Waals surface area contributed by atoms with Crippen LogP contribution in [0.1, 0.15) is 17.1 Å². The number of nitrogens with zero attached hydrogens (tertiary/aromatic N) is 2. The predicted octanol–water partition coefficient (Wildman–Crippen LogP) is 2.68. The molecule has 0 spiro atoms. The minimum atomic E-state index is -4.41. The van der Waals surface area contributed by atoms with Crippen LogP contribution in [0.5, 0.6) is 0 Å². The van der Waals surface area contributed by atoms with Crippen molar-refractivity contribution < 1.29 is 13.2 Å². The number of aromatic nitrogens is 2. The number of benzene rings is 1. The highest BCUT2D eigenvalue weighted by Crippen LogP contribution is 2.34. The first-order valence-electron chi connectivity index (χ1n) is 5.41. The van der Waals surface area contributed by atoms with E-state index < -0.39 is 11.7 Å². The first-order valence-corrected chi connectivity index (χ1v) is 5.41. The fraction of sp³-hybridized carbons (Fsp3) is 0.333. The Kier molecular flexibility index (Phi) is 3.21. The Labute approximate surface area is 102 Å². The number of rotatable bonds is 2. The van der Waals surface area contributed by atoms with Crippen molar-refractivity contribution in [2.24, 2.45) is 0 Å². The summed E-state index contributed by atoms with van der Waals surface area (Å²) in [6.45, 7) is 1.99. The van der Waals surface area contributed by atoms with E-state index in [1.54, 1.807) is 20.0 Å². The molecule has 0 aliphatic carbocycles. The van der Waals surface area contributed by atoms with E-state index in [1.807, 2.05) is 0 Å². The molecular formula is C12H12F3N3. The Morgan fingerprint density at radius 2 is 1.94 bits per heavy atom. The van der Waals surface area contributed by atoms with E-state index in [9.17, 15) is 13.2 Å². The topological polar surface area (TPSA) is 37.8 Å². The first-order chi connectivity index (χ1) is 8.43. The third kappa shape index (κ3) is 2.28. The lowest BCUT2D eigenvalue weighted by atomic mass is 10.1. The molecule has 0 amide bonds. The van der Waals surface area contributed by atoms with Gasteiger partial charge in [-0.15, -0.1) is 0 Å². The van der Waals surface area contributed by atoms with Crippen molar-refractivity contribution >= 4 is 10.9 Å². The second-order valence-corrected chi connectivity index (χ2v) is 3.95. The second-order valence-electron chi connectivity index (χ2n) is 3.95. The van der Waals surface area contributed by atoms with Crippen molar-refractivity contribution in [3.8, 4) is 0 Å². The summed E-state index contributed by atoms with van der Waals surface area (Å²) in [5.41, 5.74) is -0.184. The van der Waals surface area contributed by atoms with Crippen LogP contribution < -0.4 is 5.32 Å². The molecule has 0 saturated heterocycles. The molecule has 2 rings (SSSR count). The SMILES string of the molecule is CNCc1nc(C)nc2c(C(F)(F)F)cccc12. The average Bonchev–Trinajstić information content (AvgIpc) is 2.27. The molecule has 18 heavy (non-hydrogen) atoms. The first kappa shape index (κ1) is 12.8. The van der Waals surface area contributed by atoms with E-state index in [1.165, 1.54) is 6.07 Å². The molecule has 2 aromatic rings. The summed E-state index contributed by atoms with van der Waals surface area (Å²) in [7, 11) is 1.72. The van der Waals surface area contributed by atoms with E-state index in [-0.39, 0.29) is 5.52 Å². The minimum Gasteiger partial charge on any atom is -0.314 e. The fourth-order valence-corrected chi connectivity index (χ4v) is 1.87. The van der Waals surface area contributed by atoms with Crippen LogP contribution in [0.3, 0.4) is 0 Å². The Hall–Kier alpha value is -1.69. The normalized spacial score (nSPS) is 12.1. The highest BCUT2D eigenvalue weighted by Gasteiger charge is 2.33. The summed E-state index contributed by atoms with van der Waals surface area (Å²) in [5.74, 6) is 0.337. The molecule has 0 unspecified atom stereocenters. The Bertz CT molecular complexity index is 579. The number of nitrogens with one attached hydrogen (secondary N) is 1. The zero-order chi connectivity index (χ0) is 13.3. The third-order valence-corrected chi connectivity index (χ3v) is 2.57. The largest absolute Gasteiger partial charge is 0.418 e. The van der Waals surface area contributed by atoms with Crippen molar-refractivity contribution in [3.63, 3.8) is 0 Å². The molecule has 1 N–H and O–H groups in total. The molecule has 0 aliphatic heterocycles. The van der Waals surface area contributed by atoms with Crippen LogP contribution in [0.2, 0.25) is 0 Å². The van der Waals surface area contributed by atoms with Crippen LogP contribution >= 0.6 is 0 Å². The van der Waals surface area contributed by atoms with Gasteiger partial charge in [-0.1, -0.05) is 12.1 Å². The number of fused-ring (bicyclic) bond motifs is 1. The number of halogens is 3. The maximum Gasteiger partial charge on any atom is 0.418 e. The zero-order valence-corrected chi connectivity index (χ0v) is 9.97. The number of aryl methyl sites for hydroxylation is 1. The molecule has 0 atom stereocenters. The molecule has 0 radical (unpaired) electrons. The molecule has 0 bridgehead atoms. The summed E-state index contributed by atoms with van der Waals surface area (Å²) in [5, 5.41) is 3.33. The van der Waals surface area contributed by atoms with E-state index >= 15 is 0 Å². The molecule has 1 heterocycles. The average molecular weight is 255 g/mol. The van der Waals surface area contributed by atoms with Crippen molar-refractivity contribution in [2.45, 2.75) is 19.6 Å². The monoisotopic (exact) mass is 255 g/mol. The van der Waals surface area contributed by atoms with Gasteiger partial charge in [0.2, 0.25) is 0 Å². The van der Waals surface area contributed by atoms with Crippen LogP contribution in [-0.2, 0) is 12.7 Å². The van der Waals surface area contributed by atoms with Gasteiger partial charge in [-0.3, -0.25) is 0 Å². The fourth-order valence-electron chi connectivity index (χ4n) is 1.87. The maximum atomic E-state index is 12.9. The lowest BCUT2D eigenvalue weighted by Crippen LogP contribution is -2.12. The number of alkyl halides is 3. The summed E-state index contributed by atoms with van der Waals surface area (Å²) in [6, 6.07) is 4.03. The third-order valence-electron chi connectivity index (χ3n) is 2.57. The molecule has 6 heteroatoms. The number of hydrogen-bond acceptors (Lipinski definition) is 3. The summed E-state index contributed by atoms with van der Waals surface area (Å²) < 4.78 is 38.7. The summed E-state index contributed by atoms with van der Waals surface area (Å²) in [4.78, 5) is 8.10. The van der Waals surface area contributed by atoms with Crippen LogP contribution in [0.15, 0.2) is 18.2 Å². The van der Waals surface area contributed by atoms with Crippen molar-refractivity contribution in [1.29, 1.82) is 0 Å². The van der Waals surface area contributed by atoms with Gasteiger partial charge in [0.15, 0.2) is 0 Å². The molecule has 0 saturated carbocycles. The number of hydrogen-bond donors (Lipinski definition) is 1. The van der Waals surface area contributed by atoms with Gasteiger partial charge in [0.05, 0.1) is 16.8 Å². The second kappa shape index (κ2) is 4.53. The van der Waals surface area contributed by atoms with Gasteiger partial charge < -0.3 is 5.32 Å². The lowest BCUT2D eigenvalue weighted by Gasteiger charge is -2.12. The van der Waals surface area contributed by atoms with Gasteiger partial charge in [-0.05, 0) is 20.0 Å².